The summed E-state index contributed by atoms with van der Waals surface area (Å²) in [5.41, 5.74) is 0.274. The molecule has 0 saturated carbocycles. The number of carbonyl (C=O) groups excluding carboxylic acids is 1. The first-order valence-corrected chi connectivity index (χ1v) is 8.57. The van der Waals surface area contributed by atoms with Gasteiger partial charge in [-0.15, -0.1) is 0 Å². The first-order valence-electron chi connectivity index (χ1n) is 6.73. The number of nitrogens with zero attached hydrogens (tertiary/aromatic N) is 2. The van der Waals surface area contributed by atoms with Crippen LogP contribution in [0.4, 0.5) is 10.1 Å². The number of benzene rings is 1. The van der Waals surface area contributed by atoms with Crippen LogP contribution in [-0.4, -0.2) is 45.6 Å². The highest BCUT2D eigenvalue weighted by Crippen LogP contribution is 2.18. The van der Waals surface area contributed by atoms with E-state index in [1.807, 2.05) is 6.92 Å². The Morgan fingerprint density at radius 1 is 1.24 bits per heavy atom. The van der Waals surface area contributed by atoms with E-state index in [9.17, 15) is 17.6 Å². The molecule has 0 aliphatic heterocycles. The van der Waals surface area contributed by atoms with Gasteiger partial charge in [0.05, 0.1) is 11.9 Å². The first kappa shape index (κ1) is 17.4. The van der Waals surface area contributed by atoms with Crippen molar-refractivity contribution in [1.82, 2.24) is 4.90 Å². The summed E-state index contributed by atoms with van der Waals surface area (Å²) in [7, 11) is -1.97. The number of sulfonamides is 1. The molecule has 0 atom stereocenters. The third-order valence-corrected chi connectivity index (χ3v) is 4.21. The van der Waals surface area contributed by atoms with Gasteiger partial charge in [-0.25, -0.2) is 12.8 Å². The van der Waals surface area contributed by atoms with Crippen molar-refractivity contribution in [2.45, 2.75) is 19.8 Å². The number of carbonyl (C=O) groups is 1. The zero-order chi connectivity index (χ0) is 16.0. The van der Waals surface area contributed by atoms with E-state index >= 15 is 0 Å². The molecule has 118 valence electrons. The van der Waals surface area contributed by atoms with Gasteiger partial charge in [0.15, 0.2) is 0 Å². The Balaban J connectivity index is 2.90. The lowest BCUT2D eigenvalue weighted by Gasteiger charge is -2.25. The van der Waals surface area contributed by atoms with Gasteiger partial charge in [-0.3, -0.25) is 9.10 Å². The van der Waals surface area contributed by atoms with E-state index in [0.717, 1.165) is 23.4 Å². The minimum absolute atomic E-state index is 0.274. The van der Waals surface area contributed by atoms with Gasteiger partial charge >= 0.3 is 0 Å². The fourth-order valence-corrected chi connectivity index (χ4v) is 2.62. The Bertz CT molecular complexity index is 572. The van der Waals surface area contributed by atoms with Gasteiger partial charge in [0.2, 0.25) is 15.9 Å². The molecule has 0 aliphatic rings. The maximum atomic E-state index is 12.9. The van der Waals surface area contributed by atoms with Gasteiger partial charge in [-0.05, 0) is 30.7 Å². The number of halogens is 1. The highest BCUT2D eigenvalue weighted by atomic mass is 32.2. The molecule has 1 aromatic rings. The fraction of sp³-hybridized carbons (Fsp3) is 0.500. The molecule has 7 heteroatoms. The SMILES string of the molecule is CCCCN(C)C(=O)CN(c1ccc(F)cc1)S(C)(=O)=O. The molecule has 0 aliphatic carbocycles. The Morgan fingerprint density at radius 2 is 1.81 bits per heavy atom. The quantitative estimate of drug-likeness (QED) is 0.771. The monoisotopic (exact) mass is 316 g/mol. The smallest absolute Gasteiger partial charge is 0.243 e. The molecular formula is C14H21FN2O3S. The summed E-state index contributed by atoms with van der Waals surface area (Å²) in [6, 6.07) is 5.02. The van der Waals surface area contributed by atoms with Crippen LogP contribution in [0, 0.1) is 5.82 Å². The standard InChI is InChI=1S/C14H21FN2O3S/c1-4-5-10-16(2)14(18)11-17(21(3,19)20)13-8-6-12(15)7-9-13/h6-9H,4-5,10-11H2,1-3H3. The molecular weight excluding hydrogens is 295 g/mol. The normalized spacial score (nSPS) is 11.2. The van der Waals surface area contributed by atoms with E-state index in [4.69, 9.17) is 0 Å². The molecule has 0 aromatic heterocycles. The summed E-state index contributed by atoms with van der Waals surface area (Å²) in [6.45, 7) is 2.31. The lowest BCUT2D eigenvalue weighted by molar-refractivity contribution is -0.128. The summed E-state index contributed by atoms with van der Waals surface area (Å²) in [4.78, 5) is 13.6. The first-order chi connectivity index (χ1) is 9.75. The molecule has 0 unspecified atom stereocenters. The fourth-order valence-electron chi connectivity index (χ4n) is 1.77. The van der Waals surface area contributed by atoms with Crippen molar-refractivity contribution in [1.29, 1.82) is 0 Å². The molecule has 0 bridgehead atoms. The van der Waals surface area contributed by atoms with Crippen LogP contribution in [0.15, 0.2) is 24.3 Å². The van der Waals surface area contributed by atoms with Gasteiger partial charge in [-0.2, -0.15) is 0 Å². The molecule has 1 amide bonds. The molecule has 5 nitrogen and oxygen atoms in total. The summed E-state index contributed by atoms with van der Waals surface area (Å²) < 4.78 is 37.6. The van der Waals surface area contributed by atoms with E-state index in [-0.39, 0.29) is 18.1 Å². The van der Waals surface area contributed by atoms with E-state index in [0.29, 0.717) is 6.54 Å². The summed E-state index contributed by atoms with van der Waals surface area (Å²) in [5, 5.41) is 0. The topological polar surface area (TPSA) is 57.7 Å². The van der Waals surface area contributed by atoms with Crippen molar-refractivity contribution in [2.24, 2.45) is 0 Å². The largest absolute Gasteiger partial charge is 0.344 e. The Morgan fingerprint density at radius 3 is 2.29 bits per heavy atom. The molecule has 1 aromatic carbocycles. The number of rotatable bonds is 7. The second kappa shape index (κ2) is 7.40. The van der Waals surface area contributed by atoms with Crippen LogP contribution in [0.1, 0.15) is 19.8 Å². The van der Waals surface area contributed by atoms with Crippen molar-refractivity contribution < 1.29 is 17.6 Å². The lowest BCUT2D eigenvalue weighted by atomic mass is 10.3. The van der Waals surface area contributed by atoms with Crippen molar-refractivity contribution >= 4 is 21.6 Å². The van der Waals surface area contributed by atoms with Crippen LogP contribution in [0.3, 0.4) is 0 Å². The molecule has 0 N–H and O–H groups in total. The summed E-state index contributed by atoms with van der Waals surface area (Å²) in [5.74, 6) is -0.753. The number of unbranched alkanes of at least 4 members (excludes halogenated alkanes) is 1. The number of amides is 1. The van der Waals surface area contributed by atoms with Crippen LogP contribution in [0.2, 0.25) is 0 Å². The van der Waals surface area contributed by atoms with Crippen LogP contribution in [-0.2, 0) is 14.8 Å². The Hall–Kier alpha value is -1.63. The average Bonchev–Trinajstić information content (AvgIpc) is 2.41. The Labute approximate surface area is 125 Å². The minimum Gasteiger partial charge on any atom is -0.344 e. The van der Waals surface area contributed by atoms with Crippen LogP contribution in [0.5, 0.6) is 0 Å². The van der Waals surface area contributed by atoms with Gasteiger partial charge in [0.1, 0.15) is 12.4 Å². The van der Waals surface area contributed by atoms with Gasteiger partial charge in [0, 0.05) is 13.6 Å². The van der Waals surface area contributed by atoms with E-state index in [1.165, 1.54) is 29.2 Å². The summed E-state index contributed by atoms with van der Waals surface area (Å²) in [6.07, 6.45) is 2.83. The third kappa shape index (κ3) is 5.34. The van der Waals surface area contributed by atoms with E-state index in [1.54, 1.807) is 7.05 Å². The maximum Gasteiger partial charge on any atom is 0.243 e. The molecule has 0 spiro atoms. The second-order valence-electron chi connectivity index (χ2n) is 4.91. The minimum atomic E-state index is -3.62. The molecule has 0 saturated heterocycles. The van der Waals surface area contributed by atoms with Crippen LogP contribution < -0.4 is 4.31 Å². The van der Waals surface area contributed by atoms with Crippen LogP contribution in [0.25, 0.3) is 0 Å². The molecule has 1 rings (SSSR count). The molecule has 21 heavy (non-hydrogen) atoms. The van der Waals surface area contributed by atoms with Gasteiger partial charge in [-0.1, -0.05) is 13.3 Å². The van der Waals surface area contributed by atoms with Crippen molar-refractivity contribution in [3.63, 3.8) is 0 Å². The van der Waals surface area contributed by atoms with E-state index in [2.05, 4.69) is 0 Å². The predicted octanol–water partition coefficient (Wildman–Crippen LogP) is 1.85. The molecule has 0 heterocycles. The number of anilines is 1. The number of likely N-dealkylation sites (N-methyl/N-ethyl adjacent to an activating group) is 1. The Kier molecular flexibility index (Phi) is 6.14. The molecule has 0 radical (unpaired) electrons. The highest BCUT2D eigenvalue weighted by molar-refractivity contribution is 7.92. The van der Waals surface area contributed by atoms with Gasteiger partial charge in [0.25, 0.3) is 0 Å². The van der Waals surface area contributed by atoms with E-state index < -0.39 is 15.8 Å². The summed E-state index contributed by atoms with van der Waals surface area (Å²) >= 11 is 0. The predicted molar refractivity (Wildman–Crippen MR) is 81.1 cm³/mol. The number of hydrogen-bond acceptors (Lipinski definition) is 3. The number of hydrogen-bond donors (Lipinski definition) is 0. The average molecular weight is 316 g/mol. The van der Waals surface area contributed by atoms with Crippen molar-refractivity contribution in [3.8, 4) is 0 Å². The lowest BCUT2D eigenvalue weighted by Crippen LogP contribution is -2.41. The zero-order valence-electron chi connectivity index (χ0n) is 12.5. The zero-order valence-corrected chi connectivity index (χ0v) is 13.4. The molecule has 0 fully saturated rings. The van der Waals surface area contributed by atoms with Crippen LogP contribution >= 0.6 is 0 Å². The van der Waals surface area contributed by atoms with Gasteiger partial charge < -0.3 is 4.90 Å². The third-order valence-electron chi connectivity index (χ3n) is 3.07. The maximum absolute atomic E-state index is 12.9. The van der Waals surface area contributed by atoms with Crippen molar-refractivity contribution in [3.05, 3.63) is 30.1 Å². The second-order valence-corrected chi connectivity index (χ2v) is 6.82. The van der Waals surface area contributed by atoms with Crippen molar-refractivity contribution in [2.75, 3.05) is 30.7 Å². The highest BCUT2D eigenvalue weighted by Gasteiger charge is 2.22.